The standard InChI is InChI=1S/C46H84N12O15.C27H51N7O8.3Gd/c1-37(59)38(47-2)7-3-4-10-50(11-5-8-48-39(60)29-51-13-17-53(31-41(62)63)21-25-57(35-45(70)71)26-22-54(18-14-51)32-42(64)65)12-6-9-49-40(61)30-52-15-19-55(33-43(66)67)23-27-58(36-46(72)73)28-24-56(20-16-52)34-44(68)69;1-22(35)23(28-2)6-3-4-7-29-8-5-9-30-24(36)18-31-10-12-32(19-25(37)38)14-16-34(21-27(41)42)17-15-33(13-11-31)20-26(39)40;;;/h38,47H,3-36H2,1-2H3,(H,48,60)(H,49,61)(H,62,63)(H,64,65)(H,66,67)(H,68,69)(H,70,71)(H,72,73);23,28-29H,3-21H2,1-2H3,(H,30,36)(H,37,38)(H,39,40)(H,41,42);;;/q;;3*+3/p-9. The molecule has 3 saturated heterocycles. The van der Waals surface area contributed by atoms with Crippen molar-refractivity contribution < 1.29 is 233 Å². The summed E-state index contributed by atoms with van der Waals surface area (Å²) >= 11 is 0. The molecule has 118 heavy (non-hydrogen) atoms. The molecule has 2 unspecified atom stereocenters. The fourth-order valence-corrected chi connectivity index (χ4v) is 13.4. The molecule has 42 nitrogen and oxygen atoms in total. The summed E-state index contributed by atoms with van der Waals surface area (Å²) in [6, 6.07) is -0.354. The van der Waals surface area contributed by atoms with E-state index in [-0.39, 0.29) is 331 Å². The van der Waals surface area contributed by atoms with Crippen LogP contribution < -0.4 is 77.9 Å². The summed E-state index contributed by atoms with van der Waals surface area (Å²) in [4.78, 5) is 187. The predicted octanol–water partition coefficient (Wildman–Crippen LogP) is -18.5. The van der Waals surface area contributed by atoms with Crippen LogP contribution in [0.1, 0.15) is 71.6 Å². The number of nitrogens with zero attached hydrogens (tertiary/aromatic N) is 13. The molecular weight excluding hydrogens is 1980 g/mol. The third-order valence-corrected chi connectivity index (χ3v) is 19.9. The number of carboxylic acids is 9. The molecule has 2 atom stereocenters. The normalized spacial score (nSPS) is 17.6. The zero-order valence-electron chi connectivity index (χ0n) is 68.9. The van der Waals surface area contributed by atoms with Gasteiger partial charge in [-0.05, 0) is 106 Å². The molecule has 0 aliphatic carbocycles. The molecule has 3 heterocycles. The summed E-state index contributed by atoms with van der Waals surface area (Å²) in [7, 11) is 3.52. The third-order valence-electron chi connectivity index (χ3n) is 19.9. The molecule has 45 heteroatoms. The minimum Gasteiger partial charge on any atom is -0.549 e. The molecule has 0 spiro atoms. The molecule has 3 aliphatic heterocycles. The number of aliphatic carboxylic acids is 9. The second-order valence-electron chi connectivity index (χ2n) is 29.3. The van der Waals surface area contributed by atoms with Crippen molar-refractivity contribution in [2.24, 2.45) is 0 Å². The van der Waals surface area contributed by atoms with Gasteiger partial charge in [-0.25, -0.2) is 0 Å². The minimum atomic E-state index is -1.32. The van der Waals surface area contributed by atoms with Gasteiger partial charge in [-0.3, -0.25) is 82.8 Å². The Morgan fingerprint density at radius 3 is 0.627 bits per heavy atom. The second kappa shape index (κ2) is 70.6. The maximum atomic E-state index is 13.3. The molecule has 3 fully saturated rings. The van der Waals surface area contributed by atoms with E-state index in [4.69, 9.17) is 0 Å². The van der Waals surface area contributed by atoms with Gasteiger partial charge in [-0.2, -0.15) is 0 Å². The number of hydrogen-bond donors (Lipinski definition) is 6. The summed E-state index contributed by atoms with van der Waals surface area (Å²) in [5.41, 5.74) is 0. The number of carbonyl (C=O) groups excluding carboxylic acids is 14. The van der Waals surface area contributed by atoms with Gasteiger partial charge in [0.1, 0.15) is 11.6 Å². The van der Waals surface area contributed by atoms with Crippen molar-refractivity contribution >= 4 is 83.0 Å². The zero-order valence-corrected chi connectivity index (χ0v) is 75.7. The van der Waals surface area contributed by atoms with Crippen LogP contribution in [0.25, 0.3) is 0 Å². The van der Waals surface area contributed by atoms with Gasteiger partial charge in [0.2, 0.25) is 17.7 Å². The number of carboxylic acid groups (broad SMARTS) is 9. The summed E-state index contributed by atoms with van der Waals surface area (Å²) in [5.74, 6) is -12.3. The van der Waals surface area contributed by atoms with Crippen LogP contribution in [0.3, 0.4) is 0 Å². The van der Waals surface area contributed by atoms with Crippen LogP contribution in [-0.2, 0) is 67.1 Å². The molecule has 3 aliphatic rings. The Morgan fingerprint density at radius 1 is 0.254 bits per heavy atom. The Kier molecular flexibility index (Phi) is 69.6. The van der Waals surface area contributed by atoms with Gasteiger partial charge in [0.15, 0.2) is 0 Å². The Balaban J connectivity index is 0. The number of nitrogens with one attached hydrogen (secondary N) is 6. The van der Waals surface area contributed by atoms with E-state index in [1.54, 1.807) is 74.9 Å². The van der Waals surface area contributed by atoms with Crippen LogP contribution in [0.15, 0.2) is 0 Å². The van der Waals surface area contributed by atoms with Crippen LogP contribution in [0.5, 0.6) is 0 Å². The maximum Gasteiger partial charge on any atom is 3.00 e. The number of Topliss-reactive ketones (excluding diaryl/α,β-unsaturated/α-hetero) is 2. The SMILES string of the molecule is CNC(CCCCN(CCCNC(=O)CN1CCN(CC(=O)[O-])CCN(CC(=O)[O-])CCN(CC(=O)[O-])CC1)CCCNC(=O)CN1CCN(CC(=O)[O-])CCN(CC(=O)[O-])CCN(CC(=O)[O-])CC1)C(C)=O.CNC(CCCCNCCCNC(=O)CN1CCN(CC(=O)[O-])CCN(CC(=O)[O-])CCN(CC(=O)[O-])CC1)C(C)=O.[Gd+3].[Gd+3].[Gd+3]. The Morgan fingerprint density at radius 2 is 0.432 bits per heavy atom. The molecule has 0 aromatic carbocycles. The number of rotatable bonds is 50. The molecule has 675 valence electrons. The Labute approximate surface area is 789 Å². The first-order valence-electron chi connectivity index (χ1n) is 39.8. The van der Waals surface area contributed by atoms with Crippen LogP contribution in [0.4, 0.5) is 0 Å². The van der Waals surface area contributed by atoms with Crippen LogP contribution in [0.2, 0.25) is 0 Å². The summed E-state index contributed by atoms with van der Waals surface area (Å²) in [6.07, 6.45) is 6.78. The maximum absolute atomic E-state index is 13.3. The number of unbranched alkanes of at least 4 members (excludes halogenated alkanes) is 2. The van der Waals surface area contributed by atoms with Crippen molar-refractivity contribution in [3.63, 3.8) is 0 Å². The summed E-state index contributed by atoms with van der Waals surface area (Å²) in [5, 5.41) is 121. The van der Waals surface area contributed by atoms with Crippen molar-refractivity contribution in [2.45, 2.75) is 83.7 Å². The molecule has 6 N–H and O–H groups in total. The van der Waals surface area contributed by atoms with E-state index in [1.165, 1.54) is 6.92 Å². The van der Waals surface area contributed by atoms with Crippen LogP contribution >= 0.6 is 0 Å². The molecule has 3 amide bonds. The first-order chi connectivity index (χ1) is 54.7. The van der Waals surface area contributed by atoms with Crippen molar-refractivity contribution in [3.05, 3.63) is 0 Å². The van der Waals surface area contributed by atoms with Gasteiger partial charge in [-0.15, -0.1) is 0 Å². The molecule has 3 rings (SSSR count). The first kappa shape index (κ1) is 116. The second-order valence-corrected chi connectivity index (χ2v) is 29.3. The number of hydrogen-bond acceptors (Lipinski definition) is 39. The smallest absolute Gasteiger partial charge is 0.549 e. The van der Waals surface area contributed by atoms with Crippen molar-refractivity contribution in [3.8, 4) is 0 Å². The summed E-state index contributed by atoms with van der Waals surface area (Å²) in [6.45, 7) is 9.65. The van der Waals surface area contributed by atoms with Gasteiger partial charge in [0, 0.05) is 236 Å². The number of carbonyl (C=O) groups is 14. The fourth-order valence-electron chi connectivity index (χ4n) is 13.4. The monoisotopic (exact) mass is 2110 g/mol. The molecule has 0 aromatic heterocycles. The van der Waals surface area contributed by atoms with Gasteiger partial charge in [-0.1, -0.05) is 12.8 Å². The van der Waals surface area contributed by atoms with E-state index < -0.39 is 93.0 Å². The average molecular weight is 2110 g/mol. The number of ketones is 2. The Bertz CT molecular complexity index is 2750. The summed E-state index contributed by atoms with van der Waals surface area (Å²) < 4.78 is 0. The number of amides is 3. The largest absolute Gasteiger partial charge is 3.00 e. The predicted molar refractivity (Wildman–Crippen MR) is 399 cm³/mol. The van der Waals surface area contributed by atoms with E-state index in [1.807, 2.05) is 4.90 Å². The van der Waals surface area contributed by atoms with Gasteiger partial charge in [0.25, 0.3) is 0 Å². The quantitative estimate of drug-likeness (QED) is 0.0308. The van der Waals surface area contributed by atoms with Gasteiger partial charge >= 0.3 is 120 Å². The van der Waals surface area contributed by atoms with Crippen molar-refractivity contribution in [1.82, 2.24) is 95.6 Å². The average Bonchev–Trinajstić information content (AvgIpc) is 0.905. The molecular formula is C73H126Gd3N19O23. The van der Waals surface area contributed by atoms with E-state index >= 15 is 0 Å². The number of likely N-dealkylation sites (N-methyl/N-ethyl adjacent to an activating group) is 2. The molecule has 0 bridgehead atoms. The molecule has 3 radical (unpaired) electrons. The van der Waals surface area contributed by atoms with Gasteiger partial charge in [0.05, 0.1) is 85.4 Å². The third kappa shape index (κ3) is 62.4. The minimum absolute atomic E-state index is 0. The Hall–Kier alpha value is -3.69. The first-order valence-corrected chi connectivity index (χ1v) is 39.8. The topological polar surface area (TPSA) is 561 Å². The van der Waals surface area contributed by atoms with Crippen molar-refractivity contribution in [1.29, 1.82) is 0 Å². The van der Waals surface area contributed by atoms with E-state index in [0.29, 0.717) is 84.7 Å². The molecule has 0 saturated carbocycles. The molecule has 0 aromatic rings. The van der Waals surface area contributed by atoms with Crippen LogP contribution in [-0.4, -0.2) is 461 Å². The van der Waals surface area contributed by atoms with Crippen LogP contribution in [0, 0.1) is 120 Å². The fraction of sp³-hybridized carbons (Fsp3) is 0.808. The van der Waals surface area contributed by atoms with Crippen molar-refractivity contribution in [2.75, 3.05) is 302 Å². The van der Waals surface area contributed by atoms with E-state index in [9.17, 15) is 113 Å². The van der Waals surface area contributed by atoms with E-state index in [0.717, 1.165) is 51.6 Å². The van der Waals surface area contributed by atoms with E-state index in [2.05, 4.69) is 36.8 Å². The zero-order chi connectivity index (χ0) is 85.5. The van der Waals surface area contributed by atoms with Gasteiger partial charge < -0.3 is 126 Å².